The summed E-state index contributed by atoms with van der Waals surface area (Å²) in [5.74, 6) is 0.807. The first-order valence-electron chi connectivity index (χ1n) is 5.99. The minimum absolute atomic E-state index is 0.0151. The fourth-order valence-corrected chi connectivity index (χ4v) is 2.44. The molecule has 2 aromatic rings. The second-order valence-corrected chi connectivity index (χ2v) is 5.24. The molecule has 0 bridgehead atoms. The summed E-state index contributed by atoms with van der Waals surface area (Å²) in [6.45, 7) is 3.90. The Morgan fingerprint density at radius 2 is 1.84 bits per heavy atom. The minimum Gasteiger partial charge on any atom is -0.496 e. The number of carbonyl (C=O) groups excluding carboxylic acids is 1. The summed E-state index contributed by atoms with van der Waals surface area (Å²) >= 11 is 3.48. The molecule has 0 aliphatic rings. The van der Waals surface area contributed by atoms with E-state index < -0.39 is 0 Å². The molecule has 2 nitrogen and oxygen atoms in total. The summed E-state index contributed by atoms with van der Waals surface area (Å²) in [6, 6.07) is 11.2. The molecule has 0 radical (unpaired) electrons. The van der Waals surface area contributed by atoms with Crippen LogP contribution in [0.1, 0.15) is 27.0 Å². The first-order valence-corrected chi connectivity index (χ1v) is 6.78. The average Bonchev–Trinajstić information content (AvgIpc) is 2.41. The second kappa shape index (κ2) is 5.57. The zero-order valence-electron chi connectivity index (χ0n) is 11.2. The van der Waals surface area contributed by atoms with E-state index in [0.717, 1.165) is 21.3 Å². The first-order chi connectivity index (χ1) is 9.04. The van der Waals surface area contributed by atoms with E-state index >= 15 is 0 Å². The lowest BCUT2D eigenvalue weighted by molar-refractivity contribution is 0.103. The predicted octanol–water partition coefficient (Wildman–Crippen LogP) is 4.31. The van der Waals surface area contributed by atoms with Gasteiger partial charge in [0.2, 0.25) is 0 Å². The Kier molecular flexibility index (Phi) is 4.05. The number of methoxy groups -OCH3 is 1. The Hall–Kier alpha value is -1.61. The summed E-state index contributed by atoms with van der Waals surface area (Å²) in [6.07, 6.45) is 0. The van der Waals surface area contributed by atoms with Gasteiger partial charge >= 0.3 is 0 Å². The molecular weight excluding hydrogens is 304 g/mol. The highest BCUT2D eigenvalue weighted by Gasteiger charge is 2.14. The van der Waals surface area contributed by atoms with Gasteiger partial charge in [-0.25, -0.2) is 0 Å². The molecular formula is C16H15BrO2. The molecule has 3 heteroatoms. The van der Waals surface area contributed by atoms with Gasteiger partial charge in [0.25, 0.3) is 0 Å². The Morgan fingerprint density at radius 1 is 1.11 bits per heavy atom. The maximum absolute atomic E-state index is 12.5. The molecule has 19 heavy (non-hydrogen) atoms. The fourth-order valence-electron chi connectivity index (χ4n) is 2.00. The first kappa shape index (κ1) is 13.8. The number of rotatable bonds is 3. The third kappa shape index (κ3) is 2.71. The van der Waals surface area contributed by atoms with Crippen molar-refractivity contribution in [1.82, 2.24) is 0 Å². The number of hydrogen-bond donors (Lipinski definition) is 0. The maximum Gasteiger partial charge on any atom is 0.194 e. The summed E-state index contributed by atoms with van der Waals surface area (Å²) in [4.78, 5) is 12.5. The molecule has 0 aromatic heterocycles. The van der Waals surface area contributed by atoms with E-state index in [1.165, 1.54) is 0 Å². The van der Waals surface area contributed by atoms with Crippen molar-refractivity contribution in [3.63, 3.8) is 0 Å². The van der Waals surface area contributed by atoms with E-state index in [4.69, 9.17) is 4.74 Å². The quantitative estimate of drug-likeness (QED) is 0.788. The van der Waals surface area contributed by atoms with Crippen molar-refractivity contribution >= 4 is 21.7 Å². The van der Waals surface area contributed by atoms with Gasteiger partial charge in [0.15, 0.2) is 5.78 Å². The second-order valence-electron chi connectivity index (χ2n) is 4.45. The van der Waals surface area contributed by atoms with Crippen molar-refractivity contribution in [3.05, 3.63) is 63.1 Å². The highest BCUT2D eigenvalue weighted by atomic mass is 79.9. The standard InChI is InChI=1S/C16H15BrO2/c1-10-5-4-6-13(15(10)17)16(18)12-7-8-14(19-3)11(2)9-12/h4-9H,1-3H3. The van der Waals surface area contributed by atoms with Crippen LogP contribution in [0.4, 0.5) is 0 Å². The van der Waals surface area contributed by atoms with Crippen LogP contribution >= 0.6 is 15.9 Å². The van der Waals surface area contributed by atoms with Crippen LogP contribution in [-0.2, 0) is 0 Å². The molecule has 0 fully saturated rings. The molecule has 0 heterocycles. The van der Waals surface area contributed by atoms with Gasteiger partial charge in [0.1, 0.15) is 5.75 Å². The summed E-state index contributed by atoms with van der Waals surface area (Å²) in [5.41, 5.74) is 3.36. The molecule has 98 valence electrons. The Morgan fingerprint density at radius 3 is 2.47 bits per heavy atom. The topological polar surface area (TPSA) is 26.3 Å². The normalized spacial score (nSPS) is 10.3. The number of ether oxygens (including phenoxy) is 1. The Labute approximate surface area is 121 Å². The largest absolute Gasteiger partial charge is 0.496 e. The lowest BCUT2D eigenvalue weighted by atomic mass is 10.00. The summed E-state index contributed by atoms with van der Waals surface area (Å²) in [5, 5.41) is 0. The highest BCUT2D eigenvalue weighted by molar-refractivity contribution is 9.10. The molecule has 0 N–H and O–H groups in total. The van der Waals surface area contributed by atoms with Crippen molar-refractivity contribution in [2.75, 3.05) is 7.11 Å². The van der Waals surface area contributed by atoms with Crippen LogP contribution in [0.15, 0.2) is 40.9 Å². The van der Waals surface area contributed by atoms with Crippen LogP contribution in [0.3, 0.4) is 0 Å². The van der Waals surface area contributed by atoms with Crippen molar-refractivity contribution < 1.29 is 9.53 Å². The van der Waals surface area contributed by atoms with Crippen molar-refractivity contribution in [1.29, 1.82) is 0 Å². The van der Waals surface area contributed by atoms with Gasteiger partial charge in [-0.3, -0.25) is 4.79 Å². The van der Waals surface area contributed by atoms with Gasteiger partial charge in [-0.05, 0) is 65.2 Å². The average molecular weight is 319 g/mol. The Bertz CT molecular complexity index is 633. The van der Waals surface area contributed by atoms with Crippen molar-refractivity contribution in [2.24, 2.45) is 0 Å². The molecule has 0 unspecified atom stereocenters. The Balaban J connectivity index is 2.44. The molecule has 0 saturated heterocycles. The number of benzene rings is 2. The van der Waals surface area contributed by atoms with Crippen LogP contribution in [0.25, 0.3) is 0 Å². The number of carbonyl (C=O) groups is 1. The number of ketones is 1. The van der Waals surface area contributed by atoms with Gasteiger partial charge in [-0.1, -0.05) is 12.1 Å². The van der Waals surface area contributed by atoms with Crippen LogP contribution in [-0.4, -0.2) is 12.9 Å². The zero-order valence-corrected chi connectivity index (χ0v) is 12.7. The molecule has 2 rings (SSSR count). The molecule has 0 aliphatic carbocycles. The predicted molar refractivity (Wildman–Crippen MR) is 80.0 cm³/mol. The van der Waals surface area contributed by atoms with E-state index in [-0.39, 0.29) is 5.78 Å². The molecule has 0 amide bonds. The monoisotopic (exact) mass is 318 g/mol. The van der Waals surface area contributed by atoms with E-state index in [9.17, 15) is 4.79 Å². The van der Waals surface area contributed by atoms with Crippen LogP contribution < -0.4 is 4.74 Å². The van der Waals surface area contributed by atoms with Crippen LogP contribution in [0, 0.1) is 13.8 Å². The third-order valence-corrected chi connectivity index (χ3v) is 4.15. The third-order valence-electron chi connectivity index (χ3n) is 3.09. The van der Waals surface area contributed by atoms with Crippen LogP contribution in [0.5, 0.6) is 5.75 Å². The van der Waals surface area contributed by atoms with Crippen LogP contribution in [0.2, 0.25) is 0 Å². The lowest BCUT2D eigenvalue weighted by Crippen LogP contribution is -2.04. The van der Waals surface area contributed by atoms with Gasteiger partial charge in [-0.2, -0.15) is 0 Å². The summed E-state index contributed by atoms with van der Waals surface area (Å²) in [7, 11) is 1.63. The molecule has 0 aliphatic heterocycles. The number of hydrogen-bond acceptors (Lipinski definition) is 2. The van der Waals surface area contributed by atoms with E-state index in [1.807, 2.05) is 44.2 Å². The summed E-state index contributed by atoms with van der Waals surface area (Å²) < 4.78 is 6.06. The molecule has 0 atom stereocenters. The minimum atomic E-state index is 0.0151. The van der Waals surface area contributed by atoms with E-state index in [2.05, 4.69) is 15.9 Å². The molecule has 0 spiro atoms. The van der Waals surface area contributed by atoms with Gasteiger partial charge in [0, 0.05) is 15.6 Å². The van der Waals surface area contributed by atoms with Gasteiger partial charge in [0.05, 0.1) is 7.11 Å². The number of aryl methyl sites for hydroxylation is 2. The fraction of sp³-hybridized carbons (Fsp3) is 0.188. The number of halogens is 1. The van der Waals surface area contributed by atoms with E-state index in [1.54, 1.807) is 13.2 Å². The van der Waals surface area contributed by atoms with Gasteiger partial charge < -0.3 is 4.74 Å². The lowest BCUT2D eigenvalue weighted by Gasteiger charge is -2.09. The van der Waals surface area contributed by atoms with Crippen molar-refractivity contribution in [2.45, 2.75) is 13.8 Å². The molecule has 2 aromatic carbocycles. The maximum atomic E-state index is 12.5. The SMILES string of the molecule is COc1ccc(C(=O)c2cccc(C)c2Br)cc1C. The zero-order chi connectivity index (χ0) is 14.0. The highest BCUT2D eigenvalue weighted by Crippen LogP contribution is 2.25. The van der Waals surface area contributed by atoms with Crippen molar-refractivity contribution in [3.8, 4) is 5.75 Å². The molecule has 0 saturated carbocycles. The smallest absolute Gasteiger partial charge is 0.194 e. The van der Waals surface area contributed by atoms with Gasteiger partial charge in [-0.15, -0.1) is 0 Å². The van der Waals surface area contributed by atoms with E-state index in [0.29, 0.717) is 11.1 Å².